The minimum absolute atomic E-state index is 0.113. The third kappa shape index (κ3) is 3.70. The fourth-order valence-corrected chi connectivity index (χ4v) is 4.10. The number of rotatable bonds is 3. The van der Waals surface area contributed by atoms with Crippen molar-refractivity contribution in [1.82, 2.24) is 0 Å². The molecule has 0 saturated heterocycles. The second-order valence-corrected chi connectivity index (χ2v) is 7.86. The number of alkyl halides is 1. The van der Waals surface area contributed by atoms with Crippen molar-refractivity contribution in [3.8, 4) is 5.75 Å². The molecule has 0 aliphatic carbocycles. The molecular formula is C18H20Br2O. The Balaban J connectivity index is 2.48. The third-order valence-electron chi connectivity index (χ3n) is 3.52. The predicted molar refractivity (Wildman–Crippen MR) is 96.6 cm³/mol. The average Bonchev–Trinajstić information content (AvgIpc) is 2.45. The zero-order valence-corrected chi connectivity index (χ0v) is 16.0. The molecule has 0 aliphatic rings. The van der Waals surface area contributed by atoms with E-state index >= 15 is 0 Å². The van der Waals surface area contributed by atoms with Gasteiger partial charge in [0.15, 0.2) is 0 Å². The van der Waals surface area contributed by atoms with Gasteiger partial charge >= 0.3 is 0 Å². The molecular weight excluding hydrogens is 392 g/mol. The van der Waals surface area contributed by atoms with Gasteiger partial charge in [0.2, 0.25) is 0 Å². The van der Waals surface area contributed by atoms with E-state index in [-0.39, 0.29) is 10.2 Å². The van der Waals surface area contributed by atoms with E-state index in [2.05, 4.69) is 83.0 Å². The highest BCUT2D eigenvalue weighted by molar-refractivity contribution is 9.11. The number of benzene rings is 2. The first-order valence-corrected chi connectivity index (χ1v) is 8.62. The van der Waals surface area contributed by atoms with E-state index in [0.717, 1.165) is 10.2 Å². The van der Waals surface area contributed by atoms with Gasteiger partial charge < -0.3 is 4.74 Å². The average molecular weight is 412 g/mol. The largest absolute Gasteiger partial charge is 0.497 e. The molecule has 1 unspecified atom stereocenters. The molecule has 0 amide bonds. The maximum atomic E-state index is 5.27. The van der Waals surface area contributed by atoms with Crippen LogP contribution >= 0.6 is 31.9 Å². The van der Waals surface area contributed by atoms with E-state index in [1.54, 1.807) is 7.11 Å². The molecule has 0 radical (unpaired) electrons. The van der Waals surface area contributed by atoms with Crippen molar-refractivity contribution >= 4 is 31.9 Å². The van der Waals surface area contributed by atoms with Crippen molar-refractivity contribution in [3.63, 3.8) is 0 Å². The minimum Gasteiger partial charge on any atom is -0.497 e. The van der Waals surface area contributed by atoms with Gasteiger partial charge in [0.25, 0.3) is 0 Å². The van der Waals surface area contributed by atoms with Crippen LogP contribution < -0.4 is 4.74 Å². The van der Waals surface area contributed by atoms with Crippen molar-refractivity contribution < 1.29 is 4.74 Å². The molecule has 0 saturated carbocycles. The van der Waals surface area contributed by atoms with Crippen LogP contribution in [0.3, 0.4) is 0 Å². The fraction of sp³-hybridized carbons (Fsp3) is 0.333. The second-order valence-electron chi connectivity index (χ2n) is 6.09. The molecule has 3 heteroatoms. The van der Waals surface area contributed by atoms with Crippen LogP contribution in [0.1, 0.15) is 42.3 Å². The Morgan fingerprint density at radius 1 is 1.00 bits per heavy atom. The first kappa shape index (κ1) is 16.6. The molecule has 0 fully saturated rings. The van der Waals surface area contributed by atoms with Crippen molar-refractivity contribution in [1.29, 1.82) is 0 Å². The summed E-state index contributed by atoms with van der Waals surface area (Å²) >= 11 is 7.51. The molecule has 0 aliphatic heterocycles. The van der Waals surface area contributed by atoms with E-state index in [4.69, 9.17) is 4.74 Å². The molecule has 112 valence electrons. The highest BCUT2D eigenvalue weighted by atomic mass is 79.9. The van der Waals surface area contributed by atoms with Gasteiger partial charge in [-0.2, -0.15) is 0 Å². The summed E-state index contributed by atoms with van der Waals surface area (Å²) < 4.78 is 6.32. The molecule has 0 bridgehead atoms. The van der Waals surface area contributed by atoms with Crippen LogP contribution in [0.5, 0.6) is 5.75 Å². The van der Waals surface area contributed by atoms with Crippen molar-refractivity contribution in [2.45, 2.75) is 31.0 Å². The Morgan fingerprint density at radius 2 is 1.67 bits per heavy atom. The van der Waals surface area contributed by atoms with Gasteiger partial charge in [-0.25, -0.2) is 0 Å². The first-order valence-electron chi connectivity index (χ1n) is 6.91. The monoisotopic (exact) mass is 410 g/mol. The Hall–Kier alpha value is -0.800. The van der Waals surface area contributed by atoms with Gasteiger partial charge in [-0.3, -0.25) is 0 Å². The smallest absolute Gasteiger partial charge is 0.120 e. The van der Waals surface area contributed by atoms with Crippen LogP contribution in [0.2, 0.25) is 0 Å². The molecule has 2 aromatic carbocycles. The zero-order chi connectivity index (χ0) is 15.6. The molecule has 1 atom stereocenters. The lowest BCUT2D eigenvalue weighted by atomic mass is 9.82. The summed E-state index contributed by atoms with van der Waals surface area (Å²) in [6.45, 7) is 6.73. The lowest BCUT2D eigenvalue weighted by molar-refractivity contribution is 0.414. The molecule has 0 N–H and O–H groups in total. The lowest BCUT2D eigenvalue weighted by Crippen LogP contribution is -2.15. The molecule has 1 nitrogen and oxygen atoms in total. The molecule has 0 heterocycles. The van der Waals surface area contributed by atoms with E-state index in [1.165, 1.54) is 16.7 Å². The van der Waals surface area contributed by atoms with Gasteiger partial charge in [0, 0.05) is 4.47 Å². The van der Waals surface area contributed by atoms with Gasteiger partial charge in [-0.05, 0) is 34.2 Å². The summed E-state index contributed by atoms with van der Waals surface area (Å²) in [5, 5.41) is 0. The van der Waals surface area contributed by atoms with Crippen LogP contribution in [0.4, 0.5) is 0 Å². The standard InChI is InChI=1S/C18H20Br2O/c1-18(2,3)15-8-6-5-7-13(15)17(20)14-10-9-12(21-4)11-16(14)19/h5-11,17H,1-4H3. The van der Waals surface area contributed by atoms with Crippen LogP contribution in [0.15, 0.2) is 46.9 Å². The highest BCUT2D eigenvalue weighted by Crippen LogP contribution is 2.41. The quantitative estimate of drug-likeness (QED) is 0.543. The minimum atomic E-state index is 0.113. The summed E-state index contributed by atoms with van der Waals surface area (Å²) in [5.41, 5.74) is 3.97. The first-order chi connectivity index (χ1) is 9.84. The second kappa shape index (κ2) is 6.53. The van der Waals surface area contributed by atoms with Gasteiger partial charge in [0.1, 0.15) is 5.75 Å². The van der Waals surface area contributed by atoms with E-state index in [1.807, 2.05) is 12.1 Å². The van der Waals surface area contributed by atoms with Gasteiger partial charge in [-0.15, -0.1) is 0 Å². The fourth-order valence-electron chi connectivity index (χ4n) is 2.41. The normalized spacial score (nSPS) is 13.0. The number of hydrogen-bond acceptors (Lipinski definition) is 1. The topological polar surface area (TPSA) is 9.23 Å². The van der Waals surface area contributed by atoms with Crippen LogP contribution in [-0.2, 0) is 5.41 Å². The molecule has 2 aromatic rings. The Bertz CT molecular complexity index is 629. The van der Waals surface area contributed by atoms with Crippen molar-refractivity contribution in [2.24, 2.45) is 0 Å². The van der Waals surface area contributed by atoms with Crippen LogP contribution in [0, 0.1) is 0 Å². The predicted octanol–water partition coefficient (Wildman–Crippen LogP) is 6.24. The molecule has 21 heavy (non-hydrogen) atoms. The molecule has 2 rings (SSSR count). The van der Waals surface area contributed by atoms with Crippen LogP contribution in [-0.4, -0.2) is 7.11 Å². The summed E-state index contributed by atoms with van der Waals surface area (Å²) in [7, 11) is 1.68. The maximum absolute atomic E-state index is 5.27. The molecule has 0 aromatic heterocycles. The number of halogens is 2. The van der Waals surface area contributed by atoms with Crippen molar-refractivity contribution in [3.05, 3.63) is 63.6 Å². The SMILES string of the molecule is COc1ccc(C(Br)c2ccccc2C(C)(C)C)c(Br)c1. The lowest BCUT2D eigenvalue weighted by Gasteiger charge is -2.26. The van der Waals surface area contributed by atoms with Gasteiger partial charge in [-0.1, -0.05) is 83.0 Å². The maximum Gasteiger partial charge on any atom is 0.120 e. The number of hydrogen-bond donors (Lipinski definition) is 0. The summed E-state index contributed by atoms with van der Waals surface area (Å²) in [6, 6.07) is 14.7. The van der Waals surface area contributed by atoms with Gasteiger partial charge in [0.05, 0.1) is 11.9 Å². The van der Waals surface area contributed by atoms with E-state index < -0.39 is 0 Å². The summed E-state index contributed by atoms with van der Waals surface area (Å²) in [4.78, 5) is 0.146. The van der Waals surface area contributed by atoms with E-state index in [9.17, 15) is 0 Å². The Morgan fingerprint density at radius 3 is 2.24 bits per heavy atom. The highest BCUT2D eigenvalue weighted by Gasteiger charge is 2.23. The van der Waals surface area contributed by atoms with Crippen LogP contribution in [0.25, 0.3) is 0 Å². The summed E-state index contributed by atoms with van der Waals surface area (Å²) in [5.74, 6) is 0.856. The summed E-state index contributed by atoms with van der Waals surface area (Å²) in [6.07, 6.45) is 0. The number of methoxy groups -OCH3 is 1. The van der Waals surface area contributed by atoms with E-state index in [0.29, 0.717) is 0 Å². The third-order valence-corrected chi connectivity index (χ3v) is 5.20. The Kier molecular flexibility index (Phi) is 5.15. The zero-order valence-electron chi connectivity index (χ0n) is 12.8. The number of ether oxygens (including phenoxy) is 1. The Labute approximate surface area is 144 Å². The molecule has 0 spiro atoms. The van der Waals surface area contributed by atoms with Crippen molar-refractivity contribution in [2.75, 3.05) is 7.11 Å².